The molecule has 4 N–H and O–H groups in total. The quantitative estimate of drug-likeness (QED) is 0.641. The number of fused-ring (bicyclic) bond motifs is 1. The van der Waals surface area contributed by atoms with Crippen LogP contribution in [0.2, 0.25) is 0 Å². The number of aliphatic hydroxyl groups is 1. The maximum Gasteiger partial charge on any atom is 0.315 e. The summed E-state index contributed by atoms with van der Waals surface area (Å²) < 4.78 is 10.7. The first-order valence-corrected chi connectivity index (χ1v) is 9.90. The van der Waals surface area contributed by atoms with Crippen LogP contribution in [-0.2, 0) is 16.9 Å². The average Bonchev–Trinajstić information content (AvgIpc) is 3.19. The van der Waals surface area contributed by atoms with Crippen LogP contribution in [0.25, 0.3) is 0 Å². The molecule has 3 amide bonds. The summed E-state index contributed by atoms with van der Waals surface area (Å²) in [6.07, 6.45) is -0.0942. The molecule has 2 atom stereocenters. The Hall–Kier alpha value is -2.97. The number of hydrogen-bond acceptors (Lipinski definition) is 5. The summed E-state index contributed by atoms with van der Waals surface area (Å²) >= 11 is 6.27. The van der Waals surface area contributed by atoms with Crippen LogP contribution in [0.3, 0.4) is 0 Å². The summed E-state index contributed by atoms with van der Waals surface area (Å²) in [6, 6.07) is 13.3. The molecule has 1 fully saturated rings. The molecule has 158 valence electrons. The fraction of sp³-hybridized carbons (Fsp3) is 0.333. The number of benzene rings is 2. The van der Waals surface area contributed by atoms with Gasteiger partial charge in [0.05, 0.1) is 0 Å². The summed E-state index contributed by atoms with van der Waals surface area (Å²) in [5.41, 5.74) is 5.39. The first-order chi connectivity index (χ1) is 14.3. The van der Waals surface area contributed by atoms with E-state index in [0.717, 1.165) is 5.56 Å². The Bertz CT molecular complexity index is 968. The number of primary amides is 1. The molecular formula is C21H22ClN3O5. The number of nitrogens with one attached hydrogen (secondary N) is 1. The SMILES string of the molecule is NC(=O)N1CCC(O)(Cl)CC1(C(=O)NCc1ccc2c(c1)OCO2)c1ccccc1. The highest BCUT2D eigenvalue weighted by atomic mass is 35.5. The van der Waals surface area contributed by atoms with Crippen LogP contribution in [0.4, 0.5) is 4.79 Å². The number of rotatable bonds is 4. The highest BCUT2D eigenvalue weighted by Crippen LogP contribution is 2.44. The van der Waals surface area contributed by atoms with E-state index in [2.05, 4.69) is 5.32 Å². The maximum atomic E-state index is 13.5. The minimum absolute atomic E-state index is 0.0433. The van der Waals surface area contributed by atoms with E-state index in [4.69, 9.17) is 26.8 Å². The van der Waals surface area contributed by atoms with E-state index < -0.39 is 22.5 Å². The molecule has 1 saturated heterocycles. The van der Waals surface area contributed by atoms with Crippen molar-refractivity contribution in [3.8, 4) is 11.5 Å². The van der Waals surface area contributed by atoms with Crippen molar-refractivity contribution < 1.29 is 24.2 Å². The van der Waals surface area contributed by atoms with E-state index in [9.17, 15) is 14.7 Å². The number of alkyl halides is 1. The van der Waals surface area contributed by atoms with Gasteiger partial charge in [-0.25, -0.2) is 4.79 Å². The van der Waals surface area contributed by atoms with Crippen LogP contribution in [0.15, 0.2) is 48.5 Å². The fourth-order valence-corrected chi connectivity index (χ4v) is 4.31. The molecule has 2 aliphatic heterocycles. The minimum Gasteiger partial charge on any atom is -0.454 e. The van der Waals surface area contributed by atoms with E-state index in [0.29, 0.717) is 17.1 Å². The first kappa shape index (κ1) is 20.3. The topological polar surface area (TPSA) is 114 Å². The van der Waals surface area contributed by atoms with Crippen molar-refractivity contribution in [2.24, 2.45) is 5.73 Å². The highest BCUT2D eigenvalue weighted by Gasteiger charge is 2.55. The highest BCUT2D eigenvalue weighted by molar-refractivity contribution is 6.23. The van der Waals surface area contributed by atoms with Crippen molar-refractivity contribution in [1.29, 1.82) is 0 Å². The van der Waals surface area contributed by atoms with Crippen LogP contribution >= 0.6 is 11.6 Å². The van der Waals surface area contributed by atoms with E-state index in [-0.39, 0.29) is 32.7 Å². The Labute approximate surface area is 178 Å². The van der Waals surface area contributed by atoms with Gasteiger partial charge in [-0.15, -0.1) is 0 Å². The number of amides is 3. The van der Waals surface area contributed by atoms with Crippen molar-refractivity contribution >= 4 is 23.5 Å². The lowest BCUT2D eigenvalue weighted by molar-refractivity contribution is -0.139. The Morgan fingerprint density at radius 1 is 1.17 bits per heavy atom. The molecule has 2 aromatic carbocycles. The molecular weight excluding hydrogens is 410 g/mol. The standard InChI is InChI=1S/C21H22ClN3O5/c22-20(28)8-9-25(19(23)27)21(12-20,15-4-2-1-3-5-15)18(26)24-11-14-6-7-16-17(10-14)30-13-29-16/h1-7,10,28H,8-9,11-13H2,(H2,23,27)(H,24,26). The average molecular weight is 432 g/mol. The van der Waals surface area contributed by atoms with E-state index in [1.54, 1.807) is 42.5 Å². The number of nitrogens with two attached hydrogens (primary N) is 1. The smallest absolute Gasteiger partial charge is 0.315 e. The van der Waals surface area contributed by atoms with Gasteiger partial charge in [0.15, 0.2) is 17.0 Å². The second-order valence-corrected chi connectivity index (χ2v) is 8.13. The van der Waals surface area contributed by atoms with Crippen LogP contribution in [0, 0.1) is 0 Å². The third-order valence-corrected chi connectivity index (χ3v) is 5.81. The second-order valence-electron chi connectivity index (χ2n) is 7.43. The Balaban J connectivity index is 1.67. The zero-order chi connectivity index (χ0) is 21.4. The number of carbonyl (C=O) groups is 2. The lowest BCUT2D eigenvalue weighted by Gasteiger charge is -2.49. The van der Waals surface area contributed by atoms with Crippen LogP contribution in [0.1, 0.15) is 24.0 Å². The summed E-state index contributed by atoms with van der Waals surface area (Å²) in [5, 5.41) is 11.8. The van der Waals surface area contributed by atoms with Gasteiger partial charge in [0.2, 0.25) is 6.79 Å². The predicted molar refractivity (Wildman–Crippen MR) is 109 cm³/mol. The molecule has 0 aromatic heterocycles. The molecule has 2 heterocycles. The van der Waals surface area contributed by atoms with Gasteiger partial charge >= 0.3 is 6.03 Å². The second kappa shape index (κ2) is 7.70. The molecule has 0 bridgehead atoms. The van der Waals surface area contributed by atoms with Gasteiger partial charge in [-0.1, -0.05) is 48.0 Å². The van der Waals surface area contributed by atoms with Crippen molar-refractivity contribution in [2.45, 2.75) is 30.0 Å². The Kier molecular flexibility index (Phi) is 5.21. The molecule has 0 spiro atoms. The van der Waals surface area contributed by atoms with Gasteiger partial charge < -0.3 is 30.5 Å². The van der Waals surface area contributed by atoms with E-state index >= 15 is 0 Å². The normalized spacial score (nSPS) is 25.1. The van der Waals surface area contributed by atoms with Crippen molar-refractivity contribution in [3.63, 3.8) is 0 Å². The van der Waals surface area contributed by atoms with Gasteiger partial charge in [0, 0.05) is 25.9 Å². The Morgan fingerprint density at radius 3 is 2.63 bits per heavy atom. The summed E-state index contributed by atoms with van der Waals surface area (Å²) in [5.74, 6) is 0.764. The molecule has 4 rings (SSSR count). The lowest BCUT2D eigenvalue weighted by atomic mass is 9.78. The van der Waals surface area contributed by atoms with Crippen LogP contribution in [-0.4, -0.2) is 40.3 Å². The van der Waals surface area contributed by atoms with Gasteiger partial charge in [-0.05, 0) is 23.3 Å². The summed E-state index contributed by atoms with van der Waals surface area (Å²) in [4.78, 5) is 27.1. The van der Waals surface area contributed by atoms with Crippen molar-refractivity contribution in [1.82, 2.24) is 10.2 Å². The number of hydrogen-bond donors (Lipinski definition) is 3. The molecule has 0 radical (unpaired) electrons. The summed E-state index contributed by atoms with van der Waals surface area (Å²) in [7, 11) is 0. The van der Waals surface area contributed by atoms with Gasteiger partial charge in [-0.2, -0.15) is 0 Å². The monoisotopic (exact) mass is 431 g/mol. The van der Waals surface area contributed by atoms with Gasteiger partial charge in [-0.3, -0.25) is 4.79 Å². The minimum atomic E-state index is -1.65. The number of halogens is 1. The number of piperidine rings is 1. The van der Waals surface area contributed by atoms with Crippen LogP contribution < -0.4 is 20.5 Å². The molecule has 2 aliphatic rings. The predicted octanol–water partition coefficient (Wildman–Crippen LogP) is 2.03. The van der Waals surface area contributed by atoms with Crippen molar-refractivity contribution in [2.75, 3.05) is 13.3 Å². The molecule has 8 nitrogen and oxygen atoms in total. The Morgan fingerprint density at radius 2 is 1.90 bits per heavy atom. The summed E-state index contributed by atoms with van der Waals surface area (Å²) in [6.45, 7) is 0.378. The molecule has 0 saturated carbocycles. The lowest BCUT2D eigenvalue weighted by Crippen LogP contribution is -2.65. The third-order valence-electron chi connectivity index (χ3n) is 5.49. The number of carbonyl (C=O) groups excluding carboxylic acids is 2. The zero-order valence-corrected chi connectivity index (χ0v) is 16.9. The fourth-order valence-electron chi connectivity index (χ4n) is 4.03. The molecule has 30 heavy (non-hydrogen) atoms. The molecule has 0 aliphatic carbocycles. The van der Waals surface area contributed by atoms with E-state index in [1.165, 1.54) is 4.90 Å². The van der Waals surface area contributed by atoms with Crippen molar-refractivity contribution in [3.05, 3.63) is 59.7 Å². The van der Waals surface area contributed by atoms with Gasteiger partial charge in [0.1, 0.15) is 5.06 Å². The molecule has 2 unspecified atom stereocenters. The molecule has 2 aromatic rings. The van der Waals surface area contributed by atoms with Crippen LogP contribution in [0.5, 0.6) is 11.5 Å². The maximum absolute atomic E-state index is 13.5. The van der Waals surface area contributed by atoms with Gasteiger partial charge in [0.25, 0.3) is 5.91 Å². The number of nitrogens with zero attached hydrogens (tertiary/aromatic N) is 1. The number of urea groups is 1. The number of likely N-dealkylation sites (tertiary alicyclic amines) is 1. The first-order valence-electron chi connectivity index (χ1n) is 9.53. The third kappa shape index (κ3) is 3.64. The molecule has 9 heteroatoms. The van der Waals surface area contributed by atoms with E-state index in [1.807, 2.05) is 6.07 Å². The zero-order valence-electron chi connectivity index (χ0n) is 16.1. The largest absolute Gasteiger partial charge is 0.454 e. The number of ether oxygens (including phenoxy) is 2.